The second-order valence-corrected chi connectivity index (χ2v) is 9.32. The van der Waals surface area contributed by atoms with Crippen LogP contribution in [0.2, 0.25) is 0 Å². The molecule has 11 nitrogen and oxygen atoms in total. The van der Waals surface area contributed by atoms with Crippen molar-refractivity contribution in [2.75, 3.05) is 13.2 Å². The molecule has 1 aromatic carbocycles. The van der Waals surface area contributed by atoms with Gasteiger partial charge in [-0.25, -0.2) is 9.59 Å². The minimum atomic E-state index is -1.38. The van der Waals surface area contributed by atoms with Crippen molar-refractivity contribution in [3.8, 4) is 11.5 Å². The van der Waals surface area contributed by atoms with Crippen LogP contribution in [0.15, 0.2) is 18.2 Å². The maximum Gasteiger partial charge on any atom is 0.513 e. The molecule has 4 atom stereocenters. The van der Waals surface area contributed by atoms with Crippen LogP contribution in [0.3, 0.4) is 0 Å². The molecule has 0 heterocycles. The van der Waals surface area contributed by atoms with Crippen LogP contribution in [-0.2, 0) is 23.8 Å². The summed E-state index contributed by atoms with van der Waals surface area (Å²) in [5.74, 6) is -3.41. The molecule has 11 heteroatoms. The van der Waals surface area contributed by atoms with Gasteiger partial charge in [0.15, 0.2) is 11.5 Å². The van der Waals surface area contributed by atoms with Crippen molar-refractivity contribution in [1.82, 2.24) is 0 Å². The van der Waals surface area contributed by atoms with Gasteiger partial charge in [-0.15, -0.1) is 0 Å². The van der Waals surface area contributed by atoms with Crippen molar-refractivity contribution in [2.24, 2.45) is 11.7 Å². The molecule has 39 heavy (non-hydrogen) atoms. The van der Waals surface area contributed by atoms with E-state index in [1.807, 2.05) is 13.8 Å². The van der Waals surface area contributed by atoms with E-state index in [4.69, 9.17) is 29.4 Å². The Morgan fingerprint density at radius 1 is 0.846 bits per heavy atom. The number of nitrogens with two attached hydrogens (primary N) is 1. The smallest absolute Gasteiger partial charge is 0.480 e. The first-order valence-corrected chi connectivity index (χ1v) is 13.6. The first-order chi connectivity index (χ1) is 18.5. The molecule has 0 spiro atoms. The zero-order chi connectivity index (χ0) is 29.4. The Bertz CT molecular complexity index is 935. The molecule has 0 aliphatic rings. The van der Waals surface area contributed by atoms with Crippen LogP contribution >= 0.6 is 0 Å². The summed E-state index contributed by atoms with van der Waals surface area (Å²) in [6, 6.07) is 2.86. The number of esters is 1. The van der Waals surface area contributed by atoms with E-state index < -0.39 is 48.2 Å². The predicted molar refractivity (Wildman–Crippen MR) is 143 cm³/mol. The molecule has 0 aliphatic carbocycles. The highest BCUT2D eigenvalue weighted by molar-refractivity contribution is 5.75. The lowest BCUT2D eigenvalue weighted by molar-refractivity contribution is -0.150. The minimum absolute atomic E-state index is 0.120. The number of carboxylic acid groups (broad SMARTS) is 1. The van der Waals surface area contributed by atoms with Gasteiger partial charge in [-0.3, -0.25) is 9.59 Å². The van der Waals surface area contributed by atoms with Gasteiger partial charge in [0.05, 0.1) is 13.2 Å². The summed E-state index contributed by atoms with van der Waals surface area (Å²) in [7, 11) is 0. The van der Waals surface area contributed by atoms with Crippen LogP contribution in [0.5, 0.6) is 11.5 Å². The third-order valence-electron chi connectivity index (χ3n) is 6.26. The second kappa shape index (κ2) is 18.0. The fourth-order valence-electron chi connectivity index (χ4n) is 3.83. The van der Waals surface area contributed by atoms with Crippen LogP contribution in [0.25, 0.3) is 0 Å². The third-order valence-corrected chi connectivity index (χ3v) is 6.26. The molecular formula is C28H43NO10. The van der Waals surface area contributed by atoms with E-state index in [0.717, 1.165) is 25.7 Å². The largest absolute Gasteiger partial charge is 0.513 e. The quantitative estimate of drug-likeness (QED) is 0.107. The summed E-state index contributed by atoms with van der Waals surface area (Å²) < 4.78 is 26.2. The van der Waals surface area contributed by atoms with Crippen LogP contribution in [-0.4, -0.2) is 54.7 Å². The molecule has 3 unspecified atom stereocenters. The molecular weight excluding hydrogens is 510 g/mol. The standard InChI is InChI=1S/C28H43NO10/c1-6-9-11-15-35-27(33)38-21-14-13-20(17-22(21)39-28(34)36-16-12-10-7-2)24(25(29)26(31)32)18(4)19(5)37-23(30)8-3/h13-14,17-19,24-25H,6-12,15-16,29H2,1-5H3,(H,31,32)/t18?,19?,24?,25-/m0/s1. The predicted octanol–water partition coefficient (Wildman–Crippen LogP) is 5.57. The van der Waals surface area contributed by atoms with E-state index in [2.05, 4.69) is 0 Å². The van der Waals surface area contributed by atoms with E-state index in [1.54, 1.807) is 20.8 Å². The molecule has 1 aromatic rings. The minimum Gasteiger partial charge on any atom is -0.480 e. The number of carbonyl (C=O) groups is 4. The lowest BCUT2D eigenvalue weighted by Crippen LogP contribution is -2.42. The zero-order valence-electron chi connectivity index (χ0n) is 23.6. The number of rotatable bonds is 17. The van der Waals surface area contributed by atoms with Gasteiger partial charge in [-0.2, -0.15) is 0 Å². The molecule has 0 aromatic heterocycles. The SMILES string of the molecule is CCCCCOC(=O)Oc1ccc(C(C(C)C(C)OC(=O)CC)[C@H](N)C(=O)O)cc1OC(=O)OCCCCC. The highest BCUT2D eigenvalue weighted by Gasteiger charge is 2.35. The maximum atomic E-state index is 12.4. The molecule has 0 amide bonds. The fourth-order valence-corrected chi connectivity index (χ4v) is 3.83. The van der Waals surface area contributed by atoms with E-state index in [-0.39, 0.29) is 31.1 Å². The average molecular weight is 554 g/mol. The van der Waals surface area contributed by atoms with Crippen LogP contribution in [0.4, 0.5) is 9.59 Å². The summed E-state index contributed by atoms with van der Waals surface area (Å²) >= 11 is 0. The Kier molecular flexibility index (Phi) is 15.6. The van der Waals surface area contributed by atoms with E-state index in [0.29, 0.717) is 18.4 Å². The summed E-state index contributed by atoms with van der Waals surface area (Å²) in [5, 5.41) is 9.70. The van der Waals surface area contributed by atoms with Crippen molar-refractivity contribution in [1.29, 1.82) is 0 Å². The number of hydrogen-bond acceptors (Lipinski definition) is 10. The zero-order valence-corrected chi connectivity index (χ0v) is 23.6. The van der Waals surface area contributed by atoms with Crippen molar-refractivity contribution in [2.45, 2.75) is 97.6 Å². The molecule has 0 aliphatic heterocycles. The van der Waals surface area contributed by atoms with Crippen molar-refractivity contribution >= 4 is 24.2 Å². The van der Waals surface area contributed by atoms with Crippen molar-refractivity contribution < 1.29 is 48.0 Å². The number of benzene rings is 1. The third kappa shape index (κ3) is 11.9. The van der Waals surface area contributed by atoms with Gasteiger partial charge in [0.25, 0.3) is 0 Å². The van der Waals surface area contributed by atoms with E-state index in [1.165, 1.54) is 18.2 Å². The Balaban J connectivity index is 3.31. The first kappa shape index (κ1) is 33.7. The number of carboxylic acids is 1. The number of carbonyl (C=O) groups excluding carboxylic acids is 3. The van der Waals surface area contributed by atoms with Gasteiger partial charge in [-0.1, -0.05) is 59.4 Å². The number of aliphatic carboxylic acids is 1. The van der Waals surface area contributed by atoms with E-state index in [9.17, 15) is 24.3 Å². The van der Waals surface area contributed by atoms with Crippen molar-refractivity contribution in [3.63, 3.8) is 0 Å². The molecule has 0 fully saturated rings. The first-order valence-electron chi connectivity index (χ1n) is 13.6. The Morgan fingerprint density at radius 3 is 1.87 bits per heavy atom. The van der Waals surface area contributed by atoms with Gasteiger partial charge in [0.1, 0.15) is 12.1 Å². The van der Waals surface area contributed by atoms with Gasteiger partial charge in [0, 0.05) is 18.3 Å². The summed E-state index contributed by atoms with van der Waals surface area (Å²) in [5.41, 5.74) is 6.43. The molecule has 0 bridgehead atoms. The summed E-state index contributed by atoms with van der Waals surface area (Å²) in [6.45, 7) is 9.35. The Hall–Kier alpha value is -3.34. The topological polar surface area (TPSA) is 161 Å². The molecule has 220 valence electrons. The van der Waals surface area contributed by atoms with Gasteiger partial charge in [0.2, 0.25) is 0 Å². The maximum absolute atomic E-state index is 12.4. The van der Waals surface area contributed by atoms with Crippen LogP contribution in [0.1, 0.15) is 91.0 Å². The molecule has 0 saturated carbocycles. The van der Waals surface area contributed by atoms with E-state index >= 15 is 0 Å². The summed E-state index contributed by atoms with van der Waals surface area (Å²) in [6.07, 6.45) is 2.46. The molecule has 1 rings (SSSR count). The van der Waals surface area contributed by atoms with Crippen molar-refractivity contribution in [3.05, 3.63) is 23.8 Å². The number of ether oxygens (including phenoxy) is 5. The Labute approximate surface area is 230 Å². The van der Waals surface area contributed by atoms with Crippen LogP contribution < -0.4 is 15.2 Å². The second-order valence-electron chi connectivity index (χ2n) is 9.32. The monoisotopic (exact) mass is 553 g/mol. The van der Waals surface area contributed by atoms with Gasteiger partial charge >= 0.3 is 24.2 Å². The molecule has 3 N–H and O–H groups in total. The average Bonchev–Trinajstić information content (AvgIpc) is 2.90. The summed E-state index contributed by atoms with van der Waals surface area (Å²) in [4.78, 5) is 48.4. The highest BCUT2D eigenvalue weighted by Crippen LogP contribution is 2.37. The lowest BCUT2D eigenvalue weighted by atomic mass is 9.79. The Morgan fingerprint density at radius 2 is 1.38 bits per heavy atom. The lowest BCUT2D eigenvalue weighted by Gasteiger charge is -2.31. The molecule has 0 saturated heterocycles. The molecule has 0 radical (unpaired) electrons. The van der Waals surface area contributed by atoms with Gasteiger partial charge < -0.3 is 34.5 Å². The van der Waals surface area contributed by atoms with Crippen LogP contribution in [0, 0.1) is 5.92 Å². The fraction of sp³-hybridized carbons (Fsp3) is 0.643. The highest BCUT2D eigenvalue weighted by atomic mass is 16.7. The normalized spacial score (nSPS) is 13.9. The van der Waals surface area contributed by atoms with Gasteiger partial charge in [-0.05, 0) is 37.5 Å². The number of unbranched alkanes of at least 4 members (excludes halogenated alkanes) is 4. The number of hydrogen-bond donors (Lipinski definition) is 2.